The van der Waals surface area contributed by atoms with Gasteiger partial charge in [0.15, 0.2) is 6.04 Å². The zero-order valence-corrected chi connectivity index (χ0v) is 10.7. The first kappa shape index (κ1) is 13.5. The first-order valence-corrected chi connectivity index (χ1v) is 6.24. The minimum atomic E-state index is -1.09. The smallest absolute Gasteiger partial charge is 0.331 e. The number of carbonyl (C=O) groups excluding carboxylic acids is 1. The van der Waals surface area contributed by atoms with Crippen molar-refractivity contribution < 1.29 is 14.7 Å². The summed E-state index contributed by atoms with van der Waals surface area (Å²) in [7, 11) is 1.69. The fraction of sp³-hybridized carbons (Fsp3) is 0.583. The van der Waals surface area contributed by atoms with Gasteiger partial charge in [0.05, 0.1) is 6.20 Å². The summed E-state index contributed by atoms with van der Waals surface area (Å²) in [5.74, 6) is -1.53. The van der Waals surface area contributed by atoms with Gasteiger partial charge >= 0.3 is 5.97 Å². The summed E-state index contributed by atoms with van der Waals surface area (Å²) in [6.07, 6.45) is 5.17. The third-order valence-corrected chi connectivity index (χ3v) is 3.44. The average Bonchev–Trinajstić information content (AvgIpc) is 2.94. The molecule has 7 heteroatoms. The summed E-state index contributed by atoms with van der Waals surface area (Å²) >= 11 is 0. The van der Waals surface area contributed by atoms with E-state index in [0.29, 0.717) is 18.4 Å². The van der Waals surface area contributed by atoms with Crippen LogP contribution in [0.2, 0.25) is 0 Å². The summed E-state index contributed by atoms with van der Waals surface area (Å²) in [5.41, 5.74) is 6.22. The Hall–Kier alpha value is -1.89. The minimum absolute atomic E-state index is 0.0393. The van der Waals surface area contributed by atoms with Gasteiger partial charge in [-0.1, -0.05) is 0 Å². The van der Waals surface area contributed by atoms with Crippen LogP contribution < -0.4 is 11.1 Å². The molecule has 0 spiro atoms. The molecule has 1 aromatic heterocycles. The van der Waals surface area contributed by atoms with Crippen molar-refractivity contribution in [1.82, 2.24) is 15.1 Å². The van der Waals surface area contributed by atoms with Gasteiger partial charge in [-0.2, -0.15) is 5.10 Å². The molecule has 1 saturated carbocycles. The lowest BCUT2D eigenvalue weighted by molar-refractivity contribution is -0.142. The molecule has 1 heterocycles. The lowest BCUT2D eigenvalue weighted by Crippen LogP contribution is -2.37. The van der Waals surface area contributed by atoms with Gasteiger partial charge in [0.2, 0.25) is 5.91 Å². The molecule has 1 aromatic rings. The Morgan fingerprint density at radius 3 is 2.79 bits per heavy atom. The molecule has 1 fully saturated rings. The van der Waals surface area contributed by atoms with Crippen molar-refractivity contribution in [2.24, 2.45) is 18.7 Å². The predicted octanol–water partition coefficient (Wildman–Crippen LogP) is -0.211. The molecule has 2 rings (SSSR count). The van der Waals surface area contributed by atoms with E-state index in [1.807, 2.05) is 0 Å². The molecule has 7 nitrogen and oxygen atoms in total. The van der Waals surface area contributed by atoms with Crippen LogP contribution in [0.3, 0.4) is 0 Å². The zero-order chi connectivity index (χ0) is 14.0. The Bertz CT molecular complexity index is 485. The standard InChI is InChI=1S/C12H18N4O3/c1-16-6-8(5-14-16)10(12(18)19)15-11(17)7-2-3-9(13)4-7/h5-7,9-10H,2-4,13H2,1H3,(H,15,17)(H,18,19). The molecule has 4 N–H and O–H groups in total. The van der Waals surface area contributed by atoms with E-state index in [-0.39, 0.29) is 17.9 Å². The number of aryl methyl sites for hydroxylation is 1. The van der Waals surface area contributed by atoms with E-state index < -0.39 is 12.0 Å². The second-order valence-corrected chi connectivity index (χ2v) is 5.00. The van der Waals surface area contributed by atoms with E-state index in [9.17, 15) is 14.7 Å². The van der Waals surface area contributed by atoms with E-state index >= 15 is 0 Å². The van der Waals surface area contributed by atoms with Gasteiger partial charge in [0.1, 0.15) is 0 Å². The number of rotatable bonds is 4. The number of aliphatic carboxylic acids is 1. The fourth-order valence-corrected chi connectivity index (χ4v) is 2.39. The molecule has 1 aliphatic rings. The Balaban J connectivity index is 2.05. The maximum atomic E-state index is 12.0. The van der Waals surface area contributed by atoms with Crippen molar-refractivity contribution >= 4 is 11.9 Å². The third kappa shape index (κ3) is 3.11. The largest absolute Gasteiger partial charge is 0.479 e. The van der Waals surface area contributed by atoms with Crippen molar-refractivity contribution in [3.63, 3.8) is 0 Å². The van der Waals surface area contributed by atoms with Crippen LogP contribution in [-0.4, -0.2) is 32.8 Å². The van der Waals surface area contributed by atoms with Crippen molar-refractivity contribution in [1.29, 1.82) is 0 Å². The van der Waals surface area contributed by atoms with Gasteiger partial charge in [-0.25, -0.2) is 4.79 Å². The molecular weight excluding hydrogens is 248 g/mol. The minimum Gasteiger partial charge on any atom is -0.479 e. The highest BCUT2D eigenvalue weighted by Gasteiger charge is 2.31. The molecule has 0 aromatic carbocycles. The lowest BCUT2D eigenvalue weighted by atomic mass is 10.1. The molecule has 3 atom stereocenters. The van der Waals surface area contributed by atoms with Crippen molar-refractivity contribution in [2.45, 2.75) is 31.3 Å². The molecule has 0 bridgehead atoms. The predicted molar refractivity (Wildman–Crippen MR) is 67.0 cm³/mol. The van der Waals surface area contributed by atoms with Crippen LogP contribution in [0.5, 0.6) is 0 Å². The summed E-state index contributed by atoms with van der Waals surface area (Å²) in [6.45, 7) is 0. The molecule has 0 radical (unpaired) electrons. The Morgan fingerprint density at radius 1 is 1.58 bits per heavy atom. The van der Waals surface area contributed by atoms with Gasteiger partial charge < -0.3 is 16.2 Å². The highest BCUT2D eigenvalue weighted by Crippen LogP contribution is 2.25. The molecule has 1 aliphatic carbocycles. The second-order valence-electron chi connectivity index (χ2n) is 5.00. The summed E-state index contributed by atoms with van der Waals surface area (Å²) in [4.78, 5) is 23.3. The van der Waals surface area contributed by atoms with Gasteiger partial charge in [-0.05, 0) is 19.3 Å². The lowest BCUT2D eigenvalue weighted by Gasteiger charge is -2.16. The number of amides is 1. The number of carboxylic acid groups (broad SMARTS) is 1. The zero-order valence-electron chi connectivity index (χ0n) is 10.7. The number of nitrogens with two attached hydrogens (primary N) is 1. The van der Waals surface area contributed by atoms with E-state index in [2.05, 4.69) is 10.4 Å². The number of carbonyl (C=O) groups is 2. The number of hydrogen-bond donors (Lipinski definition) is 3. The molecule has 104 valence electrons. The van der Waals surface area contributed by atoms with Crippen LogP contribution in [0.1, 0.15) is 30.9 Å². The van der Waals surface area contributed by atoms with Gasteiger partial charge in [0.25, 0.3) is 0 Å². The Labute approximate surface area is 110 Å². The van der Waals surface area contributed by atoms with E-state index in [4.69, 9.17) is 5.73 Å². The molecule has 19 heavy (non-hydrogen) atoms. The highest BCUT2D eigenvalue weighted by molar-refractivity contribution is 5.85. The molecule has 1 amide bonds. The normalized spacial score (nSPS) is 24.1. The highest BCUT2D eigenvalue weighted by atomic mass is 16.4. The van der Waals surface area contributed by atoms with E-state index in [0.717, 1.165) is 6.42 Å². The van der Waals surface area contributed by atoms with Crippen LogP contribution >= 0.6 is 0 Å². The molecular formula is C12H18N4O3. The van der Waals surface area contributed by atoms with Gasteiger partial charge in [-0.3, -0.25) is 9.48 Å². The van der Waals surface area contributed by atoms with Gasteiger partial charge in [0, 0.05) is 30.8 Å². The Morgan fingerprint density at radius 2 is 2.32 bits per heavy atom. The molecule has 0 saturated heterocycles. The quantitative estimate of drug-likeness (QED) is 0.698. The number of carboxylic acids is 1. The van der Waals surface area contributed by atoms with Crippen LogP contribution in [0.4, 0.5) is 0 Å². The van der Waals surface area contributed by atoms with Crippen molar-refractivity contribution in [3.05, 3.63) is 18.0 Å². The number of nitrogens with zero attached hydrogens (tertiary/aromatic N) is 2. The van der Waals surface area contributed by atoms with Crippen LogP contribution in [0.15, 0.2) is 12.4 Å². The monoisotopic (exact) mass is 266 g/mol. The molecule has 3 unspecified atom stereocenters. The van der Waals surface area contributed by atoms with Crippen LogP contribution in [0.25, 0.3) is 0 Å². The third-order valence-electron chi connectivity index (χ3n) is 3.44. The number of hydrogen-bond acceptors (Lipinski definition) is 4. The van der Waals surface area contributed by atoms with Crippen molar-refractivity contribution in [2.75, 3.05) is 0 Å². The summed E-state index contributed by atoms with van der Waals surface area (Å²) in [5, 5.41) is 15.7. The maximum absolute atomic E-state index is 12.0. The van der Waals surface area contributed by atoms with Crippen LogP contribution in [0, 0.1) is 5.92 Å². The molecule has 0 aliphatic heterocycles. The van der Waals surface area contributed by atoms with E-state index in [1.54, 1.807) is 13.2 Å². The first-order valence-electron chi connectivity index (χ1n) is 6.24. The SMILES string of the molecule is Cn1cc(C(NC(=O)C2CCC(N)C2)C(=O)O)cn1. The Kier molecular flexibility index (Phi) is 3.84. The topological polar surface area (TPSA) is 110 Å². The van der Waals surface area contributed by atoms with Crippen molar-refractivity contribution in [3.8, 4) is 0 Å². The second kappa shape index (κ2) is 5.40. The number of aromatic nitrogens is 2. The summed E-state index contributed by atoms with van der Waals surface area (Å²) < 4.78 is 1.50. The maximum Gasteiger partial charge on any atom is 0.331 e. The van der Waals surface area contributed by atoms with Crippen LogP contribution in [-0.2, 0) is 16.6 Å². The average molecular weight is 266 g/mol. The summed E-state index contributed by atoms with van der Waals surface area (Å²) in [6, 6.07) is -1.02. The van der Waals surface area contributed by atoms with Gasteiger partial charge in [-0.15, -0.1) is 0 Å². The fourth-order valence-electron chi connectivity index (χ4n) is 2.39. The first-order chi connectivity index (χ1) is 8.97. The van der Waals surface area contributed by atoms with E-state index in [1.165, 1.54) is 10.9 Å². The number of nitrogens with one attached hydrogen (secondary N) is 1.